The van der Waals surface area contributed by atoms with Gasteiger partial charge in [-0.3, -0.25) is 4.79 Å². The van der Waals surface area contributed by atoms with Gasteiger partial charge in [-0.2, -0.15) is 0 Å². The number of ether oxygens (including phenoxy) is 1. The van der Waals surface area contributed by atoms with Crippen molar-refractivity contribution in [3.05, 3.63) is 59.2 Å². The second kappa shape index (κ2) is 7.23. The molecule has 6 heteroatoms. The molecule has 3 rings (SSSR count). The Balaban J connectivity index is 1.78. The van der Waals surface area contributed by atoms with Crippen LogP contribution >= 0.6 is 0 Å². The van der Waals surface area contributed by atoms with Gasteiger partial charge >= 0.3 is 0 Å². The first-order chi connectivity index (χ1) is 11.7. The van der Waals surface area contributed by atoms with Crippen LogP contribution in [0.1, 0.15) is 21.5 Å². The fourth-order valence-corrected chi connectivity index (χ4v) is 2.47. The summed E-state index contributed by atoms with van der Waals surface area (Å²) in [6.07, 6.45) is 0. The minimum Gasteiger partial charge on any atom is -0.383 e. The molecule has 2 aromatic carbocycles. The van der Waals surface area contributed by atoms with Crippen molar-refractivity contribution < 1.29 is 9.53 Å². The quantitative estimate of drug-likeness (QED) is 0.706. The zero-order chi connectivity index (χ0) is 16.9. The Morgan fingerprint density at radius 3 is 2.75 bits per heavy atom. The van der Waals surface area contributed by atoms with Crippen LogP contribution in [0.15, 0.2) is 42.5 Å². The fraction of sp³-hybridized carbons (Fsp3) is 0.278. The number of carbonyl (C=O) groups excluding carboxylic acids is 1. The number of aromatic nitrogens is 3. The minimum absolute atomic E-state index is 0.137. The van der Waals surface area contributed by atoms with Gasteiger partial charge in [-0.25, -0.2) is 4.68 Å². The van der Waals surface area contributed by atoms with Gasteiger partial charge in [0.25, 0.3) is 5.91 Å². The number of fused-ring (bicyclic) bond motifs is 1. The minimum atomic E-state index is -0.137. The molecule has 1 amide bonds. The maximum Gasteiger partial charge on any atom is 0.251 e. The highest BCUT2D eigenvalue weighted by Crippen LogP contribution is 2.15. The molecule has 0 unspecified atom stereocenters. The highest BCUT2D eigenvalue weighted by molar-refractivity contribution is 5.97. The van der Waals surface area contributed by atoms with Crippen LogP contribution in [0.2, 0.25) is 0 Å². The number of benzene rings is 2. The smallest absolute Gasteiger partial charge is 0.251 e. The third-order valence-corrected chi connectivity index (χ3v) is 3.82. The van der Waals surface area contributed by atoms with Crippen molar-refractivity contribution in [1.29, 1.82) is 0 Å². The summed E-state index contributed by atoms with van der Waals surface area (Å²) in [5, 5.41) is 11.2. The summed E-state index contributed by atoms with van der Waals surface area (Å²) >= 11 is 0. The summed E-state index contributed by atoms with van der Waals surface area (Å²) in [5.74, 6) is -0.137. The molecule has 0 saturated carbocycles. The fourth-order valence-electron chi connectivity index (χ4n) is 2.47. The van der Waals surface area contributed by atoms with Crippen molar-refractivity contribution in [3.8, 4) is 0 Å². The van der Waals surface area contributed by atoms with E-state index in [1.807, 2.05) is 10.7 Å². The average molecular weight is 324 g/mol. The lowest BCUT2D eigenvalue weighted by atomic mass is 10.1. The number of nitrogens with one attached hydrogen (secondary N) is 1. The number of hydrogen-bond donors (Lipinski definition) is 1. The summed E-state index contributed by atoms with van der Waals surface area (Å²) in [5.41, 5.74) is 4.58. The molecular weight excluding hydrogens is 304 g/mol. The molecule has 3 aromatic rings. The monoisotopic (exact) mass is 324 g/mol. The van der Waals surface area contributed by atoms with Gasteiger partial charge in [-0.05, 0) is 30.7 Å². The standard InChI is InChI=1S/C18H20N4O2/c1-13-3-5-14(6-4-13)12-22-17-8-7-15(11-16(17)20-21-22)18(23)19-9-10-24-2/h3-8,11H,9-10,12H2,1-2H3,(H,19,23). The van der Waals surface area contributed by atoms with Crippen LogP contribution in [0.3, 0.4) is 0 Å². The second-order valence-corrected chi connectivity index (χ2v) is 5.68. The topological polar surface area (TPSA) is 69.0 Å². The van der Waals surface area contributed by atoms with E-state index in [1.54, 1.807) is 19.2 Å². The number of hydrogen-bond acceptors (Lipinski definition) is 4. The van der Waals surface area contributed by atoms with Crippen molar-refractivity contribution >= 4 is 16.9 Å². The van der Waals surface area contributed by atoms with Gasteiger partial charge < -0.3 is 10.1 Å². The molecule has 0 aliphatic carbocycles. The molecule has 1 N–H and O–H groups in total. The van der Waals surface area contributed by atoms with Gasteiger partial charge in [-0.15, -0.1) is 5.10 Å². The lowest BCUT2D eigenvalue weighted by Crippen LogP contribution is -2.26. The van der Waals surface area contributed by atoms with E-state index in [-0.39, 0.29) is 5.91 Å². The summed E-state index contributed by atoms with van der Waals surface area (Å²) in [6.45, 7) is 3.68. The molecule has 0 radical (unpaired) electrons. The van der Waals surface area contributed by atoms with Gasteiger partial charge in [0.2, 0.25) is 0 Å². The van der Waals surface area contributed by atoms with Crippen molar-refractivity contribution in [2.45, 2.75) is 13.5 Å². The first kappa shape index (κ1) is 16.1. The van der Waals surface area contributed by atoms with Crippen LogP contribution in [0.5, 0.6) is 0 Å². The van der Waals surface area contributed by atoms with Gasteiger partial charge in [0.05, 0.1) is 18.7 Å². The first-order valence-corrected chi connectivity index (χ1v) is 7.83. The molecule has 1 aromatic heterocycles. The van der Waals surface area contributed by atoms with E-state index < -0.39 is 0 Å². The molecule has 0 atom stereocenters. The molecule has 0 aliphatic heterocycles. The van der Waals surface area contributed by atoms with E-state index in [0.717, 1.165) is 11.1 Å². The van der Waals surface area contributed by atoms with Crippen LogP contribution < -0.4 is 5.32 Å². The van der Waals surface area contributed by atoms with Crippen LogP contribution in [0.25, 0.3) is 11.0 Å². The van der Waals surface area contributed by atoms with E-state index >= 15 is 0 Å². The Morgan fingerprint density at radius 1 is 1.21 bits per heavy atom. The third kappa shape index (κ3) is 3.60. The molecule has 0 aliphatic rings. The van der Waals surface area contributed by atoms with Crippen LogP contribution in [0, 0.1) is 6.92 Å². The predicted octanol–water partition coefficient (Wildman–Crippen LogP) is 2.16. The predicted molar refractivity (Wildman–Crippen MR) is 92.0 cm³/mol. The van der Waals surface area contributed by atoms with Gasteiger partial charge in [0, 0.05) is 19.2 Å². The molecular formula is C18H20N4O2. The van der Waals surface area contributed by atoms with Crippen LogP contribution in [-0.2, 0) is 11.3 Å². The van der Waals surface area contributed by atoms with Gasteiger partial charge in [-0.1, -0.05) is 35.0 Å². The number of aryl methyl sites for hydroxylation is 1. The molecule has 1 heterocycles. The summed E-state index contributed by atoms with van der Waals surface area (Å²) in [4.78, 5) is 12.1. The maximum atomic E-state index is 12.1. The summed E-state index contributed by atoms with van der Waals surface area (Å²) in [6, 6.07) is 13.8. The third-order valence-electron chi connectivity index (χ3n) is 3.82. The lowest BCUT2D eigenvalue weighted by Gasteiger charge is -2.05. The average Bonchev–Trinajstić information content (AvgIpc) is 2.99. The Labute approximate surface area is 140 Å². The Kier molecular flexibility index (Phi) is 4.86. The molecule has 0 bridgehead atoms. The first-order valence-electron chi connectivity index (χ1n) is 7.83. The normalized spacial score (nSPS) is 10.9. The Morgan fingerprint density at radius 2 is 2.00 bits per heavy atom. The van der Waals surface area contributed by atoms with Gasteiger partial charge in [0.1, 0.15) is 5.52 Å². The molecule has 6 nitrogen and oxygen atoms in total. The van der Waals surface area contributed by atoms with Crippen molar-refractivity contribution in [2.75, 3.05) is 20.3 Å². The van der Waals surface area contributed by atoms with Crippen LogP contribution in [-0.4, -0.2) is 41.2 Å². The lowest BCUT2D eigenvalue weighted by molar-refractivity contribution is 0.0937. The van der Waals surface area contributed by atoms with E-state index in [0.29, 0.717) is 30.8 Å². The zero-order valence-electron chi connectivity index (χ0n) is 13.8. The number of nitrogens with zero attached hydrogens (tertiary/aromatic N) is 3. The molecule has 0 saturated heterocycles. The number of carbonyl (C=O) groups is 1. The summed E-state index contributed by atoms with van der Waals surface area (Å²) < 4.78 is 6.77. The van der Waals surface area contributed by atoms with E-state index in [1.165, 1.54) is 5.56 Å². The maximum absolute atomic E-state index is 12.1. The Hall–Kier alpha value is -2.73. The van der Waals surface area contributed by atoms with Crippen LogP contribution in [0.4, 0.5) is 0 Å². The van der Waals surface area contributed by atoms with E-state index in [9.17, 15) is 4.79 Å². The van der Waals surface area contributed by atoms with Crippen molar-refractivity contribution in [1.82, 2.24) is 20.3 Å². The van der Waals surface area contributed by atoms with Crippen molar-refractivity contribution in [2.24, 2.45) is 0 Å². The molecule has 0 spiro atoms. The number of rotatable bonds is 6. The van der Waals surface area contributed by atoms with E-state index in [4.69, 9.17) is 4.74 Å². The molecule has 0 fully saturated rings. The Bertz CT molecular complexity index is 840. The number of methoxy groups -OCH3 is 1. The van der Waals surface area contributed by atoms with E-state index in [2.05, 4.69) is 46.8 Å². The zero-order valence-corrected chi connectivity index (χ0v) is 13.8. The SMILES string of the molecule is COCCNC(=O)c1ccc2c(c1)nnn2Cc1ccc(C)cc1. The molecule has 24 heavy (non-hydrogen) atoms. The van der Waals surface area contributed by atoms with Crippen molar-refractivity contribution in [3.63, 3.8) is 0 Å². The highest BCUT2D eigenvalue weighted by atomic mass is 16.5. The van der Waals surface area contributed by atoms with Gasteiger partial charge in [0.15, 0.2) is 0 Å². The second-order valence-electron chi connectivity index (χ2n) is 5.68. The summed E-state index contributed by atoms with van der Waals surface area (Å²) in [7, 11) is 1.60. The molecule has 124 valence electrons. The largest absolute Gasteiger partial charge is 0.383 e. The number of amides is 1. The highest BCUT2D eigenvalue weighted by Gasteiger charge is 2.10.